The van der Waals surface area contributed by atoms with Crippen LogP contribution in [0.25, 0.3) is 10.9 Å². The van der Waals surface area contributed by atoms with Crippen molar-refractivity contribution in [2.75, 3.05) is 12.3 Å². The fourth-order valence-corrected chi connectivity index (χ4v) is 2.67. The molecule has 0 fully saturated rings. The van der Waals surface area contributed by atoms with Gasteiger partial charge in [-0.3, -0.25) is 0 Å². The molecule has 0 aliphatic rings. The highest BCUT2D eigenvalue weighted by Crippen LogP contribution is 2.27. The summed E-state index contributed by atoms with van der Waals surface area (Å²) in [7, 11) is 0. The summed E-state index contributed by atoms with van der Waals surface area (Å²) >= 11 is 11.9. The van der Waals surface area contributed by atoms with Crippen LogP contribution in [0.3, 0.4) is 0 Å². The lowest BCUT2D eigenvalue weighted by molar-refractivity contribution is 0.321. The van der Waals surface area contributed by atoms with Crippen LogP contribution in [-0.2, 0) is 6.42 Å². The van der Waals surface area contributed by atoms with Crippen LogP contribution in [-0.4, -0.2) is 16.6 Å². The number of nitrogen functional groups attached to an aromatic ring is 1. The second-order valence-electron chi connectivity index (χ2n) is 4.72. The maximum absolute atomic E-state index is 6.08. The van der Waals surface area contributed by atoms with Crippen LogP contribution >= 0.6 is 23.2 Å². The molecular formula is C16H13Cl2N3O. The molecule has 0 radical (unpaired) electrons. The van der Waals surface area contributed by atoms with Gasteiger partial charge in [-0.05, 0) is 24.3 Å². The van der Waals surface area contributed by atoms with Crippen LogP contribution < -0.4 is 10.5 Å². The van der Waals surface area contributed by atoms with E-state index in [9.17, 15) is 0 Å². The fourth-order valence-electron chi connectivity index (χ4n) is 2.20. The van der Waals surface area contributed by atoms with Crippen LogP contribution in [0.4, 0.5) is 5.95 Å². The summed E-state index contributed by atoms with van der Waals surface area (Å²) in [5, 5.41) is 2.04. The Morgan fingerprint density at radius 3 is 2.68 bits per heavy atom. The van der Waals surface area contributed by atoms with E-state index in [2.05, 4.69) is 9.97 Å². The fraction of sp³-hybridized carbons (Fsp3) is 0.125. The number of para-hydroxylation sites is 1. The summed E-state index contributed by atoms with van der Waals surface area (Å²) in [6.07, 6.45) is 0.603. The first-order valence-corrected chi connectivity index (χ1v) is 7.48. The van der Waals surface area contributed by atoms with Crippen molar-refractivity contribution in [2.45, 2.75) is 6.42 Å². The molecule has 0 unspecified atom stereocenters. The van der Waals surface area contributed by atoms with E-state index in [-0.39, 0.29) is 5.95 Å². The van der Waals surface area contributed by atoms with Gasteiger partial charge in [0.15, 0.2) is 0 Å². The Labute approximate surface area is 137 Å². The Hall–Kier alpha value is -2.04. The second kappa shape index (κ2) is 6.38. The SMILES string of the molecule is Nc1nc(CCOc2ccc(Cl)cc2Cl)c2ccccc2n1. The average Bonchev–Trinajstić information content (AvgIpc) is 2.49. The van der Waals surface area contributed by atoms with Crippen molar-refractivity contribution in [3.05, 3.63) is 58.2 Å². The van der Waals surface area contributed by atoms with Crippen molar-refractivity contribution < 1.29 is 4.74 Å². The molecule has 1 aromatic heterocycles. The number of halogens is 2. The average molecular weight is 334 g/mol. The summed E-state index contributed by atoms with van der Waals surface area (Å²) in [6, 6.07) is 12.9. The van der Waals surface area contributed by atoms with Crippen LogP contribution in [0.1, 0.15) is 5.69 Å². The molecule has 6 heteroatoms. The van der Waals surface area contributed by atoms with E-state index < -0.39 is 0 Å². The molecule has 0 amide bonds. The lowest BCUT2D eigenvalue weighted by atomic mass is 10.1. The Kier molecular flexibility index (Phi) is 4.32. The number of rotatable bonds is 4. The molecule has 22 heavy (non-hydrogen) atoms. The standard InChI is InChI=1S/C16H13Cl2N3O/c17-10-5-6-15(12(18)9-10)22-8-7-14-11-3-1-2-4-13(11)20-16(19)21-14/h1-6,9H,7-8H2,(H2,19,20,21). The van der Waals surface area contributed by atoms with E-state index in [0.29, 0.717) is 28.8 Å². The number of anilines is 1. The molecule has 4 nitrogen and oxygen atoms in total. The van der Waals surface area contributed by atoms with E-state index in [1.165, 1.54) is 0 Å². The molecule has 0 saturated heterocycles. The third-order valence-electron chi connectivity index (χ3n) is 3.19. The molecule has 112 valence electrons. The maximum Gasteiger partial charge on any atom is 0.220 e. The van der Waals surface area contributed by atoms with Crippen LogP contribution in [0, 0.1) is 0 Å². The first kappa shape index (κ1) is 14.9. The summed E-state index contributed by atoms with van der Waals surface area (Å²) in [5.41, 5.74) is 7.43. The monoisotopic (exact) mass is 333 g/mol. The van der Waals surface area contributed by atoms with E-state index in [1.54, 1.807) is 18.2 Å². The zero-order chi connectivity index (χ0) is 15.5. The molecule has 0 saturated carbocycles. The molecule has 1 heterocycles. The number of nitrogens with zero attached hydrogens (tertiary/aromatic N) is 2. The van der Waals surface area contributed by atoms with Gasteiger partial charge in [-0.1, -0.05) is 41.4 Å². The third-order valence-corrected chi connectivity index (χ3v) is 3.72. The Bertz CT molecular complexity index is 824. The van der Waals surface area contributed by atoms with Gasteiger partial charge in [0.1, 0.15) is 5.75 Å². The topological polar surface area (TPSA) is 61.0 Å². The number of aromatic nitrogens is 2. The highest BCUT2D eigenvalue weighted by Gasteiger charge is 2.07. The lowest BCUT2D eigenvalue weighted by Crippen LogP contribution is -2.06. The number of hydrogen-bond donors (Lipinski definition) is 1. The van der Waals surface area contributed by atoms with Gasteiger partial charge >= 0.3 is 0 Å². The Morgan fingerprint density at radius 2 is 1.86 bits per heavy atom. The molecule has 0 aliphatic heterocycles. The molecule has 2 N–H and O–H groups in total. The van der Waals surface area contributed by atoms with E-state index in [4.69, 9.17) is 33.7 Å². The minimum Gasteiger partial charge on any atom is -0.492 e. The van der Waals surface area contributed by atoms with Crippen LogP contribution in [0.2, 0.25) is 10.0 Å². The zero-order valence-corrected chi connectivity index (χ0v) is 13.1. The predicted octanol–water partition coefficient (Wildman–Crippen LogP) is 4.14. The predicted molar refractivity (Wildman–Crippen MR) is 89.6 cm³/mol. The van der Waals surface area contributed by atoms with Crippen molar-refractivity contribution in [1.29, 1.82) is 0 Å². The van der Waals surface area contributed by atoms with Gasteiger partial charge in [-0.2, -0.15) is 0 Å². The molecule has 3 aromatic rings. The molecule has 3 rings (SSSR count). The van der Waals surface area contributed by atoms with Crippen LogP contribution in [0.5, 0.6) is 5.75 Å². The Morgan fingerprint density at radius 1 is 1.05 bits per heavy atom. The Balaban J connectivity index is 1.77. The molecule has 0 spiro atoms. The summed E-state index contributed by atoms with van der Waals surface area (Å²) in [4.78, 5) is 8.52. The van der Waals surface area contributed by atoms with Gasteiger partial charge in [-0.25, -0.2) is 9.97 Å². The first-order chi connectivity index (χ1) is 10.6. The number of fused-ring (bicyclic) bond motifs is 1. The second-order valence-corrected chi connectivity index (χ2v) is 5.56. The van der Waals surface area contributed by atoms with Crippen molar-refractivity contribution in [2.24, 2.45) is 0 Å². The van der Waals surface area contributed by atoms with Gasteiger partial charge < -0.3 is 10.5 Å². The third kappa shape index (κ3) is 3.24. The van der Waals surface area contributed by atoms with E-state index in [1.807, 2.05) is 24.3 Å². The summed E-state index contributed by atoms with van der Waals surface area (Å²) in [5.74, 6) is 0.857. The van der Waals surface area contributed by atoms with Crippen molar-refractivity contribution in [1.82, 2.24) is 9.97 Å². The van der Waals surface area contributed by atoms with Gasteiger partial charge in [0, 0.05) is 16.8 Å². The molecule has 0 atom stereocenters. The number of benzene rings is 2. The first-order valence-electron chi connectivity index (χ1n) is 6.72. The normalized spacial score (nSPS) is 10.8. The maximum atomic E-state index is 6.08. The highest BCUT2D eigenvalue weighted by atomic mass is 35.5. The minimum atomic E-state index is 0.262. The summed E-state index contributed by atoms with van der Waals surface area (Å²) in [6.45, 7) is 0.432. The molecule has 2 aromatic carbocycles. The van der Waals surface area contributed by atoms with E-state index >= 15 is 0 Å². The van der Waals surface area contributed by atoms with Crippen molar-refractivity contribution in [3.63, 3.8) is 0 Å². The van der Waals surface area contributed by atoms with Gasteiger partial charge in [-0.15, -0.1) is 0 Å². The zero-order valence-electron chi connectivity index (χ0n) is 11.6. The molecule has 0 aliphatic carbocycles. The van der Waals surface area contributed by atoms with Gasteiger partial charge in [0.05, 0.1) is 22.8 Å². The minimum absolute atomic E-state index is 0.262. The largest absolute Gasteiger partial charge is 0.492 e. The van der Waals surface area contributed by atoms with Gasteiger partial charge in [0.25, 0.3) is 0 Å². The van der Waals surface area contributed by atoms with Crippen molar-refractivity contribution >= 4 is 40.1 Å². The number of hydrogen-bond acceptors (Lipinski definition) is 4. The van der Waals surface area contributed by atoms with Gasteiger partial charge in [0.2, 0.25) is 5.95 Å². The number of nitrogens with two attached hydrogens (primary N) is 1. The van der Waals surface area contributed by atoms with E-state index in [0.717, 1.165) is 16.6 Å². The number of ether oxygens (including phenoxy) is 1. The lowest BCUT2D eigenvalue weighted by Gasteiger charge is -2.09. The summed E-state index contributed by atoms with van der Waals surface area (Å²) < 4.78 is 5.69. The quantitative estimate of drug-likeness (QED) is 0.779. The van der Waals surface area contributed by atoms with Crippen LogP contribution in [0.15, 0.2) is 42.5 Å². The highest BCUT2D eigenvalue weighted by molar-refractivity contribution is 6.35. The molecule has 0 bridgehead atoms. The molecular weight excluding hydrogens is 321 g/mol. The van der Waals surface area contributed by atoms with Crippen molar-refractivity contribution in [3.8, 4) is 5.75 Å². The smallest absolute Gasteiger partial charge is 0.220 e.